The van der Waals surface area contributed by atoms with Gasteiger partial charge in [-0.2, -0.15) is 4.89 Å². The van der Waals surface area contributed by atoms with Crippen molar-refractivity contribution < 1.29 is 10.1 Å². The van der Waals surface area contributed by atoms with Gasteiger partial charge in [-0.05, 0) is 12.2 Å². The van der Waals surface area contributed by atoms with E-state index in [1.165, 1.54) is 0 Å². The fraction of sp³-hybridized carbons (Fsp3) is 0.222. The molecule has 1 radical (unpaired) electrons. The molecule has 0 aromatic heterocycles. The molecule has 1 aliphatic rings. The third-order valence-corrected chi connectivity index (χ3v) is 1.38. The first-order valence-corrected chi connectivity index (χ1v) is 3.51. The van der Waals surface area contributed by atoms with E-state index in [2.05, 4.69) is 4.89 Å². The molecule has 1 aliphatic carbocycles. The number of allylic oxidation sites excluding steroid dienone is 5. The average molecular weight is 150 g/mol. The second-order valence-corrected chi connectivity index (χ2v) is 2.38. The highest BCUT2D eigenvalue weighted by atomic mass is 17.1. The molecule has 0 amide bonds. The topological polar surface area (TPSA) is 29.1 Å². The smallest absolute Gasteiger partial charge is 0.145 e. The van der Waals surface area contributed by atoms with Gasteiger partial charge in [0.15, 0.2) is 0 Å². The van der Waals surface area contributed by atoms with Crippen LogP contribution in [0.2, 0.25) is 0 Å². The summed E-state index contributed by atoms with van der Waals surface area (Å²) in [5.74, 6) is 0. The minimum atomic E-state index is -0.364. The lowest BCUT2D eigenvalue weighted by molar-refractivity contribution is -0.320. The Morgan fingerprint density at radius 3 is 3.00 bits per heavy atom. The molecule has 0 aliphatic heterocycles. The van der Waals surface area contributed by atoms with Crippen molar-refractivity contribution in [3.8, 4) is 0 Å². The lowest BCUT2D eigenvalue weighted by Gasteiger charge is -1.97. The molecule has 11 heavy (non-hydrogen) atoms. The Balaban J connectivity index is 2.53. The molecule has 2 heteroatoms. The molecule has 1 atom stereocenters. The van der Waals surface area contributed by atoms with Gasteiger partial charge >= 0.3 is 0 Å². The molecule has 0 N–H and O–H groups in total. The first-order valence-electron chi connectivity index (χ1n) is 3.51. The number of hydrogen-bond acceptors (Lipinski definition) is 1. The molecular formula is C9H10O2+. The SMILES string of the molecule is CC(/C=C1/C=CC=C[CH+]1)O[O]. The molecule has 1 rings (SSSR count). The predicted octanol–water partition coefficient (Wildman–Crippen LogP) is 1.99. The second kappa shape index (κ2) is 4.01. The van der Waals surface area contributed by atoms with E-state index in [0.29, 0.717) is 0 Å². The summed E-state index contributed by atoms with van der Waals surface area (Å²) in [7, 11) is 0. The van der Waals surface area contributed by atoms with E-state index in [4.69, 9.17) is 0 Å². The maximum absolute atomic E-state index is 9.90. The van der Waals surface area contributed by atoms with Crippen LogP contribution in [-0.4, -0.2) is 6.10 Å². The third kappa shape index (κ3) is 2.62. The van der Waals surface area contributed by atoms with Crippen LogP contribution in [0.4, 0.5) is 0 Å². The van der Waals surface area contributed by atoms with Gasteiger partial charge in [0.2, 0.25) is 0 Å². The van der Waals surface area contributed by atoms with Gasteiger partial charge < -0.3 is 0 Å². The first-order chi connectivity index (χ1) is 5.33. The molecule has 57 valence electrons. The molecule has 0 aromatic carbocycles. The van der Waals surface area contributed by atoms with Crippen LogP contribution in [0.15, 0.2) is 36.0 Å². The van der Waals surface area contributed by atoms with Gasteiger partial charge in [-0.15, -0.1) is 0 Å². The van der Waals surface area contributed by atoms with Crippen LogP contribution in [0.3, 0.4) is 0 Å². The Bertz CT molecular complexity index is 202. The molecule has 1 unspecified atom stereocenters. The Morgan fingerprint density at radius 2 is 2.45 bits per heavy atom. The largest absolute Gasteiger partial charge is 0.186 e. The van der Waals surface area contributed by atoms with E-state index in [1.54, 1.807) is 13.0 Å². The lowest BCUT2D eigenvalue weighted by Crippen LogP contribution is -2.00. The predicted molar refractivity (Wildman–Crippen MR) is 41.9 cm³/mol. The van der Waals surface area contributed by atoms with E-state index >= 15 is 0 Å². The van der Waals surface area contributed by atoms with Crippen LogP contribution in [0, 0.1) is 6.42 Å². The maximum atomic E-state index is 9.90. The molecule has 2 nitrogen and oxygen atoms in total. The molecule has 0 aromatic rings. The normalized spacial score (nSPS) is 21.8. The van der Waals surface area contributed by atoms with Crippen molar-refractivity contribution in [2.24, 2.45) is 0 Å². The maximum Gasteiger partial charge on any atom is 0.145 e. The quantitative estimate of drug-likeness (QED) is 0.336. The lowest BCUT2D eigenvalue weighted by atomic mass is 10.1. The summed E-state index contributed by atoms with van der Waals surface area (Å²) >= 11 is 0. The summed E-state index contributed by atoms with van der Waals surface area (Å²) in [4.78, 5) is 3.85. The van der Waals surface area contributed by atoms with Crippen molar-refractivity contribution in [1.82, 2.24) is 0 Å². The van der Waals surface area contributed by atoms with Crippen LogP contribution in [0.5, 0.6) is 0 Å². The van der Waals surface area contributed by atoms with Crippen LogP contribution < -0.4 is 0 Å². The van der Waals surface area contributed by atoms with Crippen LogP contribution >= 0.6 is 0 Å². The van der Waals surface area contributed by atoms with E-state index < -0.39 is 0 Å². The molecular weight excluding hydrogens is 140 g/mol. The van der Waals surface area contributed by atoms with Gasteiger partial charge in [-0.1, -0.05) is 0 Å². The van der Waals surface area contributed by atoms with Gasteiger partial charge in [0, 0.05) is 36.8 Å². The van der Waals surface area contributed by atoms with Crippen molar-refractivity contribution >= 4 is 0 Å². The highest BCUT2D eigenvalue weighted by molar-refractivity contribution is 5.38. The Morgan fingerprint density at radius 1 is 1.64 bits per heavy atom. The van der Waals surface area contributed by atoms with Gasteiger partial charge in [-0.3, -0.25) is 0 Å². The number of rotatable bonds is 2. The molecule has 0 heterocycles. The van der Waals surface area contributed by atoms with Crippen LogP contribution in [-0.2, 0) is 10.1 Å². The minimum Gasteiger partial charge on any atom is -0.186 e. The van der Waals surface area contributed by atoms with Crippen LogP contribution in [0.25, 0.3) is 0 Å². The zero-order chi connectivity index (χ0) is 8.10. The van der Waals surface area contributed by atoms with E-state index in [9.17, 15) is 5.26 Å². The summed E-state index contributed by atoms with van der Waals surface area (Å²) < 4.78 is 0. The van der Waals surface area contributed by atoms with Crippen LogP contribution in [0.1, 0.15) is 6.92 Å². The fourth-order valence-corrected chi connectivity index (χ4v) is 0.863. The van der Waals surface area contributed by atoms with Gasteiger partial charge in [0.25, 0.3) is 0 Å². The first kappa shape index (κ1) is 8.11. The summed E-state index contributed by atoms with van der Waals surface area (Å²) in [5, 5.41) is 9.90. The average Bonchev–Trinajstić information content (AvgIpc) is 2.06. The van der Waals surface area contributed by atoms with E-state index in [0.717, 1.165) is 5.57 Å². The standard InChI is InChI=1S/C9H10O2/c1-8(11-10)7-9-5-3-2-4-6-9/h2-8H,1H3/q+1. The summed E-state index contributed by atoms with van der Waals surface area (Å²) in [6.45, 7) is 1.71. The Hall–Kier alpha value is -0.990. The van der Waals surface area contributed by atoms with Crippen molar-refractivity contribution in [3.05, 3.63) is 42.4 Å². The molecule has 0 saturated carbocycles. The summed E-state index contributed by atoms with van der Waals surface area (Å²) in [6.07, 6.45) is 11.0. The Labute approximate surface area is 66.4 Å². The Kier molecular flexibility index (Phi) is 2.95. The highest BCUT2D eigenvalue weighted by Gasteiger charge is 2.06. The van der Waals surface area contributed by atoms with Gasteiger partial charge in [-0.25, -0.2) is 0 Å². The summed E-state index contributed by atoms with van der Waals surface area (Å²) in [6, 6.07) is 0. The van der Waals surface area contributed by atoms with Gasteiger partial charge in [0.05, 0.1) is 5.57 Å². The molecule has 0 spiro atoms. The molecule has 0 fully saturated rings. The zero-order valence-corrected chi connectivity index (χ0v) is 6.36. The van der Waals surface area contributed by atoms with E-state index in [-0.39, 0.29) is 6.10 Å². The third-order valence-electron chi connectivity index (χ3n) is 1.38. The van der Waals surface area contributed by atoms with Crippen molar-refractivity contribution in [2.45, 2.75) is 13.0 Å². The number of hydrogen-bond donors (Lipinski definition) is 0. The van der Waals surface area contributed by atoms with Crippen molar-refractivity contribution in [1.29, 1.82) is 0 Å². The van der Waals surface area contributed by atoms with Crippen molar-refractivity contribution in [2.75, 3.05) is 0 Å². The van der Waals surface area contributed by atoms with E-state index in [1.807, 2.05) is 30.7 Å². The minimum absolute atomic E-state index is 0.364. The molecule has 0 bridgehead atoms. The zero-order valence-electron chi connectivity index (χ0n) is 6.36. The molecule has 0 saturated heterocycles. The second-order valence-electron chi connectivity index (χ2n) is 2.38. The fourth-order valence-electron chi connectivity index (χ4n) is 0.863. The van der Waals surface area contributed by atoms with Gasteiger partial charge in [0.1, 0.15) is 6.10 Å². The highest BCUT2D eigenvalue weighted by Crippen LogP contribution is 2.10. The van der Waals surface area contributed by atoms with Crippen molar-refractivity contribution in [3.63, 3.8) is 0 Å². The monoisotopic (exact) mass is 150 g/mol. The summed E-state index contributed by atoms with van der Waals surface area (Å²) in [5.41, 5.74) is 1.01.